The number of carbonyl (C=O) groups excluding carboxylic acids is 1. The number of carbonyl (C=O) groups is 1. The molecule has 0 saturated heterocycles. The summed E-state index contributed by atoms with van der Waals surface area (Å²) < 4.78 is 26.7. The zero-order chi connectivity index (χ0) is 17.9. The van der Waals surface area contributed by atoms with E-state index in [0.29, 0.717) is 10.3 Å². The summed E-state index contributed by atoms with van der Waals surface area (Å²) in [7, 11) is -2.41. The van der Waals surface area contributed by atoms with Crippen molar-refractivity contribution in [1.29, 1.82) is 0 Å². The molecule has 0 spiro atoms. The predicted molar refractivity (Wildman–Crippen MR) is 96.3 cm³/mol. The zero-order valence-corrected chi connectivity index (χ0v) is 16.0. The number of aromatic nitrogens is 1. The number of benzene rings is 1. The summed E-state index contributed by atoms with van der Waals surface area (Å²) in [4.78, 5) is 16.2. The molecule has 0 bridgehead atoms. The summed E-state index contributed by atoms with van der Waals surface area (Å²) in [5.74, 6) is -0.0754. The quantitative estimate of drug-likeness (QED) is 0.819. The van der Waals surface area contributed by atoms with Crippen LogP contribution >= 0.6 is 15.9 Å². The normalized spacial score (nSPS) is 11.5. The number of amides is 1. The molecule has 0 aliphatic heterocycles. The van der Waals surface area contributed by atoms with Gasteiger partial charge in [-0.05, 0) is 59.1 Å². The van der Waals surface area contributed by atoms with Crippen molar-refractivity contribution in [3.63, 3.8) is 0 Å². The van der Waals surface area contributed by atoms with Crippen LogP contribution in [0.5, 0.6) is 0 Å². The first-order valence-corrected chi connectivity index (χ1v) is 9.38. The second-order valence-electron chi connectivity index (χ2n) is 5.46. The number of nitrogens with zero attached hydrogens (tertiary/aromatic N) is 2. The molecule has 0 atom stereocenters. The fourth-order valence-electron chi connectivity index (χ4n) is 1.99. The standard InChI is InChI=1S/C16H18BrN3O3S/c1-11-4-6-14(13(17)8-11)24(22,23)20(3)10-16(21)19-15-7-5-12(2)9-18-15/h4-9H,10H2,1-3H3,(H,18,19,21). The number of sulfonamides is 1. The fourth-order valence-corrected chi connectivity index (χ4v) is 4.27. The number of aryl methyl sites for hydroxylation is 2. The molecule has 0 fully saturated rings. The van der Waals surface area contributed by atoms with Crippen LogP contribution in [0.15, 0.2) is 45.9 Å². The molecule has 0 radical (unpaired) electrons. The molecule has 8 heteroatoms. The minimum atomic E-state index is -3.78. The summed E-state index contributed by atoms with van der Waals surface area (Å²) in [6.45, 7) is 3.45. The molecule has 1 aromatic carbocycles. The average molecular weight is 412 g/mol. The van der Waals surface area contributed by atoms with E-state index in [1.54, 1.807) is 24.4 Å². The predicted octanol–water partition coefficient (Wildman–Crippen LogP) is 2.72. The molecule has 0 aliphatic rings. The molecule has 2 aromatic rings. The zero-order valence-electron chi connectivity index (χ0n) is 13.6. The summed E-state index contributed by atoms with van der Waals surface area (Å²) in [5.41, 5.74) is 1.91. The van der Waals surface area contributed by atoms with Crippen molar-refractivity contribution < 1.29 is 13.2 Å². The van der Waals surface area contributed by atoms with E-state index in [4.69, 9.17) is 0 Å². The molecule has 128 valence electrons. The van der Waals surface area contributed by atoms with Crippen LogP contribution in [-0.4, -0.2) is 37.2 Å². The third-order valence-electron chi connectivity index (χ3n) is 3.32. The third-order valence-corrected chi connectivity index (χ3v) is 6.10. The molecule has 1 N–H and O–H groups in total. The smallest absolute Gasteiger partial charge is 0.244 e. The van der Waals surface area contributed by atoms with Crippen LogP contribution in [0.2, 0.25) is 0 Å². The van der Waals surface area contributed by atoms with Crippen molar-refractivity contribution in [1.82, 2.24) is 9.29 Å². The minimum absolute atomic E-state index is 0.122. The Morgan fingerprint density at radius 3 is 2.46 bits per heavy atom. The van der Waals surface area contributed by atoms with Crippen molar-refractivity contribution >= 4 is 37.7 Å². The minimum Gasteiger partial charge on any atom is -0.310 e. The molecule has 0 saturated carbocycles. The van der Waals surface area contributed by atoms with Gasteiger partial charge in [-0.25, -0.2) is 13.4 Å². The number of nitrogens with one attached hydrogen (secondary N) is 1. The molecule has 1 heterocycles. The van der Waals surface area contributed by atoms with E-state index in [1.165, 1.54) is 13.1 Å². The highest BCUT2D eigenvalue weighted by Crippen LogP contribution is 2.25. The molecule has 1 amide bonds. The van der Waals surface area contributed by atoms with Gasteiger partial charge in [0.1, 0.15) is 5.82 Å². The second-order valence-corrected chi connectivity index (χ2v) is 8.33. The van der Waals surface area contributed by atoms with E-state index in [9.17, 15) is 13.2 Å². The lowest BCUT2D eigenvalue weighted by Gasteiger charge is -2.18. The van der Waals surface area contributed by atoms with Crippen LogP contribution in [0.25, 0.3) is 0 Å². The maximum Gasteiger partial charge on any atom is 0.244 e. The first kappa shape index (κ1) is 18.6. The van der Waals surface area contributed by atoms with Gasteiger partial charge < -0.3 is 5.32 Å². The highest BCUT2D eigenvalue weighted by atomic mass is 79.9. The number of pyridine rings is 1. The van der Waals surface area contributed by atoms with Crippen LogP contribution in [-0.2, 0) is 14.8 Å². The van der Waals surface area contributed by atoms with Crippen LogP contribution in [0, 0.1) is 13.8 Å². The van der Waals surface area contributed by atoms with Crippen molar-refractivity contribution in [2.75, 3.05) is 18.9 Å². The highest BCUT2D eigenvalue weighted by Gasteiger charge is 2.25. The Balaban J connectivity index is 2.11. The van der Waals surface area contributed by atoms with Gasteiger partial charge in [-0.15, -0.1) is 0 Å². The lowest BCUT2D eigenvalue weighted by molar-refractivity contribution is -0.116. The average Bonchev–Trinajstić information content (AvgIpc) is 2.49. The summed E-state index contributed by atoms with van der Waals surface area (Å²) in [5, 5.41) is 2.58. The summed E-state index contributed by atoms with van der Waals surface area (Å²) >= 11 is 3.26. The van der Waals surface area contributed by atoms with Crippen molar-refractivity contribution in [3.05, 3.63) is 52.1 Å². The number of hydrogen-bond acceptors (Lipinski definition) is 4. The SMILES string of the molecule is Cc1ccc(NC(=O)CN(C)S(=O)(=O)c2ccc(C)cc2Br)nc1. The summed E-state index contributed by atoms with van der Waals surface area (Å²) in [6, 6.07) is 8.42. The molecule has 24 heavy (non-hydrogen) atoms. The molecular formula is C16H18BrN3O3S. The van der Waals surface area contributed by atoms with Gasteiger partial charge in [0, 0.05) is 17.7 Å². The summed E-state index contributed by atoms with van der Waals surface area (Å²) in [6.07, 6.45) is 1.62. The van der Waals surface area contributed by atoms with Gasteiger partial charge in [0.05, 0.1) is 11.4 Å². The van der Waals surface area contributed by atoms with Crippen molar-refractivity contribution in [2.24, 2.45) is 0 Å². The Labute approximate surface area is 150 Å². The van der Waals surface area contributed by atoms with Crippen molar-refractivity contribution in [3.8, 4) is 0 Å². The van der Waals surface area contributed by atoms with Gasteiger partial charge in [-0.2, -0.15) is 4.31 Å². The van der Waals surface area contributed by atoms with E-state index < -0.39 is 15.9 Å². The number of anilines is 1. The number of halogens is 1. The first-order chi connectivity index (χ1) is 11.2. The van der Waals surface area contributed by atoms with E-state index in [2.05, 4.69) is 26.2 Å². The largest absolute Gasteiger partial charge is 0.310 e. The molecule has 0 unspecified atom stereocenters. The second kappa shape index (κ2) is 7.42. The number of rotatable bonds is 5. The topological polar surface area (TPSA) is 79.4 Å². The van der Waals surface area contributed by atoms with Crippen LogP contribution in [0.1, 0.15) is 11.1 Å². The van der Waals surface area contributed by atoms with Crippen molar-refractivity contribution in [2.45, 2.75) is 18.7 Å². The lowest BCUT2D eigenvalue weighted by Crippen LogP contribution is -2.35. The third kappa shape index (κ3) is 4.40. The van der Waals surface area contributed by atoms with Crippen LogP contribution < -0.4 is 5.32 Å². The number of likely N-dealkylation sites (N-methyl/N-ethyl adjacent to an activating group) is 1. The van der Waals surface area contributed by atoms with E-state index in [1.807, 2.05) is 19.9 Å². The van der Waals surface area contributed by atoms with E-state index in [-0.39, 0.29) is 11.4 Å². The van der Waals surface area contributed by atoms with E-state index in [0.717, 1.165) is 15.4 Å². The monoisotopic (exact) mass is 411 g/mol. The molecule has 2 rings (SSSR count). The molecule has 0 aliphatic carbocycles. The van der Waals surface area contributed by atoms with Gasteiger partial charge in [0.15, 0.2) is 0 Å². The van der Waals surface area contributed by atoms with Crippen LogP contribution in [0.3, 0.4) is 0 Å². The van der Waals surface area contributed by atoms with Gasteiger partial charge in [0.25, 0.3) is 0 Å². The maximum absolute atomic E-state index is 12.6. The highest BCUT2D eigenvalue weighted by molar-refractivity contribution is 9.10. The van der Waals surface area contributed by atoms with E-state index >= 15 is 0 Å². The Hall–Kier alpha value is -1.77. The van der Waals surface area contributed by atoms with Gasteiger partial charge >= 0.3 is 0 Å². The van der Waals surface area contributed by atoms with Gasteiger partial charge in [-0.1, -0.05) is 12.1 Å². The lowest BCUT2D eigenvalue weighted by atomic mass is 10.2. The molecular weight excluding hydrogens is 394 g/mol. The molecule has 1 aromatic heterocycles. The van der Waals surface area contributed by atoms with Crippen LogP contribution in [0.4, 0.5) is 5.82 Å². The number of hydrogen-bond donors (Lipinski definition) is 1. The Bertz CT molecular complexity index is 851. The maximum atomic E-state index is 12.6. The Kier molecular flexibility index (Phi) is 5.74. The van der Waals surface area contributed by atoms with Gasteiger partial charge in [-0.3, -0.25) is 4.79 Å². The fraction of sp³-hybridized carbons (Fsp3) is 0.250. The van der Waals surface area contributed by atoms with Gasteiger partial charge in [0.2, 0.25) is 15.9 Å². The Morgan fingerprint density at radius 1 is 1.21 bits per heavy atom. The first-order valence-electron chi connectivity index (χ1n) is 7.15. The Morgan fingerprint density at radius 2 is 1.88 bits per heavy atom. The molecule has 6 nitrogen and oxygen atoms in total.